The Morgan fingerprint density at radius 1 is 1.19 bits per heavy atom. The highest BCUT2D eigenvalue weighted by atomic mass is 35.5. The topological polar surface area (TPSA) is 64.9 Å². The molecule has 0 saturated carbocycles. The Kier molecular flexibility index (Phi) is 5.58. The summed E-state index contributed by atoms with van der Waals surface area (Å²) in [4.78, 5) is 8.38. The number of nitrogens with one attached hydrogen (secondary N) is 1. The molecule has 2 aromatic heterocycles. The molecule has 1 N–H and O–H groups in total. The summed E-state index contributed by atoms with van der Waals surface area (Å²) in [6.07, 6.45) is 2.37. The second kappa shape index (κ2) is 7.56. The highest BCUT2D eigenvalue weighted by molar-refractivity contribution is 6.39. The average molecular weight is 415 g/mol. The van der Waals surface area contributed by atoms with Crippen molar-refractivity contribution in [3.63, 3.8) is 0 Å². The first-order valence-corrected chi connectivity index (χ1v) is 9.09. The van der Waals surface area contributed by atoms with E-state index in [0.29, 0.717) is 33.7 Å². The van der Waals surface area contributed by atoms with Crippen molar-refractivity contribution in [3.05, 3.63) is 39.7 Å². The molecule has 0 unspecified atom stereocenters. The zero-order chi connectivity index (χ0) is 18.9. The van der Waals surface area contributed by atoms with Crippen molar-refractivity contribution in [1.82, 2.24) is 19.7 Å². The molecule has 0 radical (unpaired) electrons. The SMILES string of the molecule is COC(C)(C)CCn1nc(Nc2c(Cl)cccc2Cl)c2cnc(Cl)nc21. The minimum atomic E-state index is -0.283. The van der Waals surface area contributed by atoms with E-state index in [-0.39, 0.29) is 10.9 Å². The summed E-state index contributed by atoms with van der Waals surface area (Å²) in [5, 5.41) is 9.68. The lowest BCUT2D eigenvalue weighted by atomic mass is 10.1. The fourth-order valence-electron chi connectivity index (χ4n) is 2.40. The van der Waals surface area contributed by atoms with E-state index in [1.165, 1.54) is 0 Å². The van der Waals surface area contributed by atoms with Crippen LogP contribution in [0.2, 0.25) is 15.3 Å². The summed E-state index contributed by atoms with van der Waals surface area (Å²) in [6.45, 7) is 4.63. The van der Waals surface area contributed by atoms with Gasteiger partial charge in [-0.3, -0.25) is 0 Å². The van der Waals surface area contributed by atoms with Crippen molar-refractivity contribution in [1.29, 1.82) is 0 Å². The predicted octanol–water partition coefficient (Wildman–Crippen LogP) is 5.35. The van der Waals surface area contributed by atoms with E-state index in [0.717, 1.165) is 11.8 Å². The zero-order valence-electron chi connectivity index (χ0n) is 14.6. The van der Waals surface area contributed by atoms with Gasteiger partial charge in [-0.1, -0.05) is 29.3 Å². The van der Waals surface area contributed by atoms with Gasteiger partial charge in [0, 0.05) is 19.9 Å². The molecule has 2 heterocycles. The Hall–Kier alpha value is -1.60. The molecule has 3 aromatic rings. The van der Waals surface area contributed by atoms with Crippen molar-refractivity contribution in [3.8, 4) is 0 Å². The molecule has 1 aromatic carbocycles. The third kappa shape index (κ3) is 4.04. The van der Waals surface area contributed by atoms with Gasteiger partial charge in [0.2, 0.25) is 5.28 Å². The number of halogens is 3. The lowest BCUT2D eigenvalue weighted by Crippen LogP contribution is -2.24. The number of hydrogen-bond acceptors (Lipinski definition) is 5. The Balaban J connectivity index is 2.01. The Morgan fingerprint density at radius 3 is 2.54 bits per heavy atom. The minimum absolute atomic E-state index is 0.159. The van der Waals surface area contributed by atoms with Gasteiger partial charge in [0.1, 0.15) is 0 Å². The normalized spacial score (nSPS) is 11.9. The summed E-state index contributed by atoms with van der Waals surface area (Å²) in [7, 11) is 1.69. The lowest BCUT2D eigenvalue weighted by molar-refractivity contribution is 0.0116. The zero-order valence-corrected chi connectivity index (χ0v) is 16.8. The maximum atomic E-state index is 6.25. The van der Waals surface area contributed by atoms with Crippen LogP contribution in [0, 0.1) is 0 Å². The number of methoxy groups -OCH3 is 1. The molecule has 9 heteroatoms. The van der Waals surface area contributed by atoms with Gasteiger partial charge in [-0.25, -0.2) is 9.67 Å². The van der Waals surface area contributed by atoms with Gasteiger partial charge in [-0.2, -0.15) is 10.1 Å². The highest BCUT2D eigenvalue weighted by Gasteiger charge is 2.20. The largest absolute Gasteiger partial charge is 0.379 e. The number of ether oxygens (including phenoxy) is 1. The molecule has 0 aliphatic heterocycles. The number of rotatable bonds is 6. The van der Waals surface area contributed by atoms with Crippen LogP contribution in [-0.4, -0.2) is 32.5 Å². The van der Waals surface area contributed by atoms with Crippen molar-refractivity contribution in [2.45, 2.75) is 32.4 Å². The monoisotopic (exact) mass is 413 g/mol. The van der Waals surface area contributed by atoms with Crippen LogP contribution in [-0.2, 0) is 11.3 Å². The molecule has 6 nitrogen and oxygen atoms in total. The molecule has 0 aliphatic rings. The van der Waals surface area contributed by atoms with Crippen LogP contribution in [0.5, 0.6) is 0 Å². The van der Waals surface area contributed by atoms with Crippen molar-refractivity contribution in [2.24, 2.45) is 0 Å². The number of aromatic nitrogens is 4. The van der Waals surface area contributed by atoms with Crippen molar-refractivity contribution in [2.75, 3.05) is 12.4 Å². The van der Waals surface area contributed by atoms with E-state index in [2.05, 4.69) is 20.4 Å². The molecule has 0 bridgehead atoms. The highest BCUT2D eigenvalue weighted by Crippen LogP contribution is 2.34. The fourth-order valence-corrected chi connectivity index (χ4v) is 3.02. The minimum Gasteiger partial charge on any atom is -0.379 e. The Bertz CT molecular complexity index is 921. The van der Waals surface area contributed by atoms with Crippen molar-refractivity contribution < 1.29 is 4.74 Å². The standard InChI is InChI=1S/C17H18Cl3N5O/c1-17(2,26-3)7-8-25-15-10(9-21-16(20)23-15)14(24-25)22-13-11(18)5-4-6-12(13)19/h4-6,9H,7-8H2,1-3H3,(H,22,24). The lowest BCUT2D eigenvalue weighted by Gasteiger charge is -2.22. The van der Waals surface area contributed by atoms with Crippen LogP contribution in [0.3, 0.4) is 0 Å². The van der Waals surface area contributed by atoms with E-state index >= 15 is 0 Å². The van der Waals surface area contributed by atoms with Gasteiger partial charge in [0.05, 0.1) is 26.7 Å². The fraction of sp³-hybridized carbons (Fsp3) is 0.353. The van der Waals surface area contributed by atoms with E-state index in [9.17, 15) is 0 Å². The number of anilines is 2. The third-order valence-electron chi connectivity index (χ3n) is 4.14. The van der Waals surface area contributed by atoms with Gasteiger partial charge in [0.15, 0.2) is 11.5 Å². The molecular formula is C17H18Cl3N5O. The van der Waals surface area contributed by atoms with E-state index in [1.807, 2.05) is 13.8 Å². The molecule has 0 saturated heterocycles. The van der Waals surface area contributed by atoms with Gasteiger partial charge >= 0.3 is 0 Å². The molecule has 0 amide bonds. The number of benzene rings is 1. The van der Waals surface area contributed by atoms with E-state index in [4.69, 9.17) is 39.5 Å². The summed E-state index contributed by atoms with van der Waals surface area (Å²) >= 11 is 18.5. The smallest absolute Gasteiger partial charge is 0.224 e. The quantitative estimate of drug-likeness (QED) is 0.551. The molecule has 3 rings (SSSR count). The van der Waals surface area contributed by atoms with Gasteiger partial charge in [0.25, 0.3) is 0 Å². The van der Waals surface area contributed by atoms with Gasteiger partial charge < -0.3 is 10.1 Å². The summed E-state index contributed by atoms with van der Waals surface area (Å²) < 4.78 is 7.25. The third-order valence-corrected chi connectivity index (χ3v) is 4.96. The number of fused-ring (bicyclic) bond motifs is 1. The summed E-state index contributed by atoms with van der Waals surface area (Å²) in [5.74, 6) is 0.557. The second-order valence-corrected chi connectivity index (χ2v) is 7.54. The molecule has 138 valence electrons. The van der Waals surface area contributed by atoms with Crippen molar-refractivity contribution >= 4 is 57.3 Å². The van der Waals surface area contributed by atoms with E-state index in [1.54, 1.807) is 36.2 Å². The molecule has 0 fully saturated rings. The van der Waals surface area contributed by atoms with Crippen LogP contribution >= 0.6 is 34.8 Å². The van der Waals surface area contributed by atoms with Gasteiger partial charge in [-0.05, 0) is 44.0 Å². The summed E-state index contributed by atoms with van der Waals surface area (Å²) in [6, 6.07) is 5.29. The van der Waals surface area contributed by atoms with Crippen LogP contribution in [0.15, 0.2) is 24.4 Å². The first-order chi connectivity index (χ1) is 12.3. The van der Waals surface area contributed by atoms with Gasteiger partial charge in [-0.15, -0.1) is 0 Å². The number of para-hydroxylation sites is 1. The number of hydrogen-bond donors (Lipinski definition) is 1. The molecule has 0 atom stereocenters. The number of nitrogens with zero attached hydrogens (tertiary/aromatic N) is 4. The molecule has 0 aliphatic carbocycles. The Labute approximate surface area is 166 Å². The van der Waals surface area contributed by atoms with Crippen LogP contribution in [0.1, 0.15) is 20.3 Å². The van der Waals surface area contributed by atoms with Crippen LogP contribution < -0.4 is 5.32 Å². The summed E-state index contributed by atoms with van der Waals surface area (Å²) in [5.41, 5.74) is 0.923. The molecular weight excluding hydrogens is 397 g/mol. The first-order valence-electron chi connectivity index (χ1n) is 7.96. The molecule has 0 spiro atoms. The second-order valence-electron chi connectivity index (χ2n) is 6.38. The average Bonchev–Trinajstić information content (AvgIpc) is 2.93. The predicted molar refractivity (Wildman–Crippen MR) is 106 cm³/mol. The maximum Gasteiger partial charge on any atom is 0.224 e. The number of aryl methyl sites for hydroxylation is 1. The first kappa shape index (κ1) is 19.2. The molecule has 26 heavy (non-hydrogen) atoms. The van der Waals surface area contributed by atoms with Crippen LogP contribution in [0.4, 0.5) is 11.5 Å². The Morgan fingerprint density at radius 2 is 1.88 bits per heavy atom. The van der Waals surface area contributed by atoms with E-state index < -0.39 is 0 Å². The van der Waals surface area contributed by atoms with Crippen LogP contribution in [0.25, 0.3) is 11.0 Å². The maximum absolute atomic E-state index is 6.25.